The van der Waals surface area contributed by atoms with E-state index in [0.717, 1.165) is 51.3 Å². The first-order valence-electron chi connectivity index (χ1n) is 22.5. The highest BCUT2D eigenvalue weighted by Gasteiger charge is 2.52. The van der Waals surface area contributed by atoms with Gasteiger partial charge < -0.3 is 4.57 Å². The molecule has 0 bridgehead atoms. The molecule has 2 aliphatic rings. The molecule has 0 radical (unpaired) electrons. The van der Waals surface area contributed by atoms with Crippen LogP contribution in [0.1, 0.15) is 58.0 Å². The number of benzene rings is 8. The minimum Gasteiger partial charge on any atom is -0.309 e. The molecule has 1 aliphatic heterocycles. The fourth-order valence-corrected chi connectivity index (χ4v) is 10.7. The lowest BCUT2D eigenvalue weighted by Crippen LogP contribution is -2.34. The number of nitrogens with zero attached hydrogens (tertiary/aromatic N) is 4. The molecule has 2 aromatic heterocycles. The van der Waals surface area contributed by atoms with Crippen molar-refractivity contribution in [3.63, 3.8) is 0 Å². The quantitative estimate of drug-likeness (QED) is 0.136. The van der Waals surface area contributed by atoms with E-state index in [2.05, 4.69) is 206 Å². The monoisotopic (exact) mass is 832 g/mol. The Bertz CT molecular complexity index is 3540. The van der Waals surface area contributed by atoms with Gasteiger partial charge in [0, 0.05) is 45.2 Å². The van der Waals surface area contributed by atoms with Gasteiger partial charge in [-0.15, -0.1) is 0 Å². The molecule has 1 atom stereocenters. The Hall–Kier alpha value is -8.21. The van der Waals surface area contributed by atoms with E-state index in [-0.39, 0.29) is 0 Å². The first-order valence-corrected chi connectivity index (χ1v) is 22.5. The summed E-state index contributed by atoms with van der Waals surface area (Å²) in [5, 5.41) is 2.53. The van der Waals surface area contributed by atoms with Crippen LogP contribution in [0.2, 0.25) is 0 Å². The Labute approximate surface area is 379 Å². The van der Waals surface area contributed by atoms with Gasteiger partial charge >= 0.3 is 0 Å². The maximum Gasteiger partial charge on any atom is 0.160 e. The van der Waals surface area contributed by atoms with E-state index in [4.69, 9.17) is 15.0 Å². The predicted octanol–water partition coefficient (Wildman–Crippen LogP) is 14.5. The van der Waals surface area contributed by atoms with Crippen LogP contribution in [-0.2, 0) is 11.8 Å². The van der Waals surface area contributed by atoms with Gasteiger partial charge in [-0.3, -0.25) is 0 Å². The summed E-state index contributed by atoms with van der Waals surface area (Å²) < 4.78 is 2.50. The zero-order valence-electron chi connectivity index (χ0n) is 36.1. The number of aromatic nitrogens is 3. The number of hydrogen-bond acceptors (Lipinski definition) is 3. The molecule has 4 nitrogen and oxygen atoms in total. The molecule has 65 heavy (non-hydrogen) atoms. The van der Waals surface area contributed by atoms with Gasteiger partial charge in [-0.1, -0.05) is 208 Å². The van der Waals surface area contributed by atoms with Crippen molar-refractivity contribution < 1.29 is 0 Å². The fourth-order valence-electron chi connectivity index (χ4n) is 10.7. The van der Waals surface area contributed by atoms with Crippen molar-refractivity contribution in [2.75, 3.05) is 0 Å². The summed E-state index contributed by atoms with van der Waals surface area (Å²) >= 11 is 0. The summed E-state index contributed by atoms with van der Waals surface area (Å²) in [6, 6.07) is 75.9. The largest absolute Gasteiger partial charge is 0.309 e. The van der Waals surface area contributed by atoms with Crippen molar-refractivity contribution in [3.05, 3.63) is 269 Å². The van der Waals surface area contributed by atoms with Gasteiger partial charge in [0.15, 0.2) is 5.82 Å². The average molecular weight is 833 g/mol. The molecular weight excluding hydrogens is 789 g/mol. The van der Waals surface area contributed by atoms with Gasteiger partial charge in [-0.05, 0) is 63.6 Å². The van der Waals surface area contributed by atoms with Crippen LogP contribution < -0.4 is 0 Å². The van der Waals surface area contributed by atoms with Crippen LogP contribution in [0.3, 0.4) is 0 Å². The zero-order chi connectivity index (χ0) is 43.5. The Morgan fingerprint density at radius 1 is 0.569 bits per heavy atom. The van der Waals surface area contributed by atoms with Crippen LogP contribution in [0.5, 0.6) is 0 Å². The SMILES string of the molecule is C=C(N=C(C1=C(CC)C2(c3ccccc31)c1ccccc1-n1c3ccccc3c3cccc2c31)c1ccc(-c2cc(Cc3ccccc3)nc(-c3ccccc3)n2)cc1)c1ccccc1. The third kappa shape index (κ3) is 6.09. The van der Waals surface area contributed by atoms with Crippen molar-refractivity contribution in [1.82, 2.24) is 14.5 Å². The Morgan fingerprint density at radius 3 is 2.00 bits per heavy atom. The molecule has 12 rings (SSSR count). The van der Waals surface area contributed by atoms with Crippen LogP contribution in [0.4, 0.5) is 0 Å². The lowest BCUT2D eigenvalue weighted by molar-refractivity contribution is 0.699. The van der Waals surface area contributed by atoms with Crippen LogP contribution >= 0.6 is 0 Å². The lowest BCUT2D eigenvalue weighted by Gasteiger charge is -2.41. The standard InChI is InChI=1S/C61H44N4/c1-3-50-57(49-27-13-15-29-51(49)61(50)52-30-16-18-33-56(52)65-55-32-17-14-26-47(55)48-28-19-31-53(61)59(48)65)58(62-40(2)42-22-9-5-10-23-42)44-36-34-43(35-37-44)54-39-46(38-41-20-7-4-8-21-41)63-60(64-54)45-24-11-6-12-25-45/h4-37,39H,2-3,38H2,1H3. The van der Waals surface area contributed by atoms with E-state index in [1.54, 1.807) is 0 Å². The molecule has 10 aromatic rings. The van der Waals surface area contributed by atoms with Crippen molar-refractivity contribution in [2.45, 2.75) is 25.2 Å². The molecule has 1 spiro atoms. The van der Waals surface area contributed by atoms with E-state index in [9.17, 15) is 0 Å². The van der Waals surface area contributed by atoms with Gasteiger partial charge in [-0.2, -0.15) is 0 Å². The molecule has 1 unspecified atom stereocenters. The van der Waals surface area contributed by atoms with Gasteiger partial charge in [0.25, 0.3) is 0 Å². The van der Waals surface area contributed by atoms with Crippen LogP contribution in [-0.4, -0.2) is 20.2 Å². The molecule has 0 saturated heterocycles. The van der Waals surface area contributed by atoms with Gasteiger partial charge in [0.05, 0.1) is 39.2 Å². The molecule has 1 aliphatic carbocycles. The van der Waals surface area contributed by atoms with E-state index in [1.165, 1.54) is 60.9 Å². The summed E-state index contributed by atoms with van der Waals surface area (Å²) in [7, 11) is 0. The van der Waals surface area contributed by atoms with Crippen LogP contribution in [0.15, 0.2) is 229 Å². The van der Waals surface area contributed by atoms with E-state index < -0.39 is 5.41 Å². The van der Waals surface area contributed by atoms with Crippen molar-refractivity contribution in [1.29, 1.82) is 0 Å². The van der Waals surface area contributed by atoms with E-state index in [1.807, 2.05) is 24.3 Å². The van der Waals surface area contributed by atoms with Crippen molar-refractivity contribution in [3.8, 4) is 28.3 Å². The Morgan fingerprint density at radius 2 is 1.22 bits per heavy atom. The third-order valence-corrected chi connectivity index (χ3v) is 13.4. The average Bonchev–Trinajstić information content (AvgIpc) is 3.87. The molecule has 0 fully saturated rings. The smallest absolute Gasteiger partial charge is 0.160 e. The first-order chi connectivity index (χ1) is 32.1. The molecule has 8 aromatic carbocycles. The highest BCUT2D eigenvalue weighted by molar-refractivity contribution is 6.35. The number of aliphatic imine (C=N–C) groups is 1. The van der Waals surface area contributed by atoms with Gasteiger partial charge in [0.2, 0.25) is 0 Å². The maximum absolute atomic E-state index is 5.61. The number of hydrogen-bond donors (Lipinski definition) is 0. The van der Waals surface area contributed by atoms with Crippen molar-refractivity contribution >= 4 is 38.8 Å². The number of para-hydroxylation sites is 3. The summed E-state index contributed by atoms with van der Waals surface area (Å²) in [4.78, 5) is 15.9. The minimum absolute atomic E-state index is 0.570. The summed E-state index contributed by atoms with van der Waals surface area (Å²) in [5.41, 5.74) is 19.3. The molecule has 308 valence electrons. The molecule has 0 N–H and O–H groups in total. The lowest BCUT2D eigenvalue weighted by atomic mass is 9.64. The summed E-state index contributed by atoms with van der Waals surface area (Å²) in [6.07, 6.45) is 1.51. The molecule has 4 heteroatoms. The van der Waals surface area contributed by atoms with Crippen molar-refractivity contribution in [2.24, 2.45) is 4.99 Å². The zero-order valence-corrected chi connectivity index (χ0v) is 36.1. The number of fused-ring (bicyclic) bond motifs is 9. The summed E-state index contributed by atoms with van der Waals surface area (Å²) in [5.74, 6) is 0.715. The Kier molecular flexibility index (Phi) is 9.20. The Balaban J connectivity index is 1.08. The number of allylic oxidation sites excluding steroid dienone is 2. The topological polar surface area (TPSA) is 43.1 Å². The van der Waals surface area contributed by atoms with Crippen LogP contribution in [0.25, 0.3) is 61.4 Å². The highest BCUT2D eigenvalue weighted by Crippen LogP contribution is 2.61. The highest BCUT2D eigenvalue weighted by atomic mass is 15.0. The van der Waals surface area contributed by atoms with Gasteiger partial charge in [-0.25, -0.2) is 15.0 Å². The molecule has 0 amide bonds. The normalized spacial score (nSPS) is 15.1. The third-order valence-electron chi connectivity index (χ3n) is 13.4. The second-order valence-electron chi connectivity index (χ2n) is 17.0. The summed E-state index contributed by atoms with van der Waals surface area (Å²) in [6.45, 7) is 6.93. The maximum atomic E-state index is 5.61. The molecular formula is C61H44N4. The predicted molar refractivity (Wildman–Crippen MR) is 268 cm³/mol. The first kappa shape index (κ1) is 38.5. The molecule has 0 saturated carbocycles. The fraction of sp³-hybridized carbons (Fsp3) is 0.0656. The van der Waals surface area contributed by atoms with E-state index in [0.29, 0.717) is 17.9 Å². The molecule has 3 heterocycles. The second kappa shape index (κ2) is 15.5. The minimum atomic E-state index is -0.570. The van der Waals surface area contributed by atoms with Gasteiger partial charge in [0.1, 0.15) is 0 Å². The van der Waals surface area contributed by atoms with Crippen LogP contribution in [0, 0.1) is 0 Å². The second-order valence-corrected chi connectivity index (χ2v) is 17.0. The van der Waals surface area contributed by atoms with E-state index >= 15 is 0 Å². The number of rotatable bonds is 9.